The molecule has 2 aliphatic heterocycles. The zero-order chi connectivity index (χ0) is 20.8. The Morgan fingerprint density at radius 1 is 1.10 bits per heavy atom. The molecule has 1 N–H and O–H groups in total. The van der Waals surface area contributed by atoms with E-state index in [0.717, 1.165) is 11.1 Å². The number of fused-ring (bicyclic) bond motifs is 11. The first-order valence-electron chi connectivity index (χ1n) is 9.99. The molecule has 1 atom stereocenters. The van der Waals surface area contributed by atoms with Crippen LogP contribution in [0.2, 0.25) is 0 Å². The van der Waals surface area contributed by atoms with Crippen molar-refractivity contribution in [2.75, 3.05) is 13.2 Å². The number of benzene rings is 2. The fraction of sp³-hybridized carbons (Fsp3) is 0.333. The Balaban J connectivity index is 1.93. The second-order valence-corrected chi connectivity index (χ2v) is 7.59. The highest BCUT2D eigenvalue weighted by Gasteiger charge is 2.33. The highest BCUT2D eigenvalue weighted by Crippen LogP contribution is 2.18. The van der Waals surface area contributed by atoms with E-state index in [1.165, 1.54) is 0 Å². The number of amides is 2. The van der Waals surface area contributed by atoms with E-state index in [4.69, 9.17) is 4.74 Å². The summed E-state index contributed by atoms with van der Waals surface area (Å²) >= 11 is 0. The van der Waals surface area contributed by atoms with Crippen LogP contribution in [-0.4, -0.2) is 41.9 Å². The highest BCUT2D eigenvalue weighted by molar-refractivity contribution is 5.97. The fourth-order valence-corrected chi connectivity index (χ4v) is 3.51. The molecule has 2 aliphatic rings. The van der Waals surface area contributed by atoms with Gasteiger partial charge in [-0.3, -0.25) is 9.59 Å². The van der Waals surface area contributed by atoms with E-state index in [2.05, 4.69) is 11.9 Å². The maximum atomic E-state index is 13.2. The summed E-state index contributed by atoms with van der Waals surface area (Å²) in [4.78, 5) is 28.0. The van der Waals surface area contributed by atoms with Crippen molar-refractivity contribution >= 4 is 11.8 Å². The molecule has 0 aliphatic carbocycles. The second kappa shape index (κ2) is 9.41. The van der Waals surface area contributed by atoms with Crippen molar-refractivity contribution in [3.63, 3.8) is 0 Å². The normalized spacial score (nSPS) is 18.4. The summed E-state index contributed by atoms with van der Waals surface area (Å²) in [5.41, 5.74) is 2.44. The number of ether oxygens (including phenoxy) is 1. The first-order chi connectivity index (χ1) is 14.0. The maximum absolute atomic E-state index is 13.2. The molecule has 0 aromatic heterocycles. The Hall–Kier alpha value is -3.08. The molecule has 2 bridgehead atoms. The molecule has 29 heavy (non-hydrogen) atoms. The van der Waals surface area contributed by atoms with E-state index in [-0.39, 0.29) is 24.5 Å². The summed E-state index contributed by atoms with van der Waals surface area (Å²) in [5.74, 6) is 0.281. The average Bonchev–Trinajstić information content (AvgIpc) is 2.72. The molecule has 0 fully saturated rings. The first-order valence-corrected chi connectivity index (χ1v) is 9.99. The van der Waals surface area contributed by atoms with Crippen LogP contribution in [0.4, 0.5) is 0 Å². The van der Waals surface area contributed by atoms with Gasteiger partial charge >= 0.3 is 0 Å². The highest BCUT2D eigenvalue weighted by atomic mass is 16.5. The molecule has 2 aromatic carbocycles. The van der Waals surface area contributed by atoms with Gasteiger partial charge in [-0.25, -0.2) is 0 Å². The van der Waals surface area contributed by atoms with Gasteiger partial charge in [0.1, 0.15) is 18.4 Å². The number of rotatable bonds is 3. The molecule has 4 rings (SSSR count). The maximum Gasteiger partial charge on any atom is 0.253 e. The van der Waals surface area contributed by atoms with Gasteiger partial charge in [-0.15, -0.1) is 0 Å². The first kappa shape index (κ1) is 20.6. The van der Waals surface area contributed by atoms with E-state index >= 15 is 0 Å². The standard InChI is InChI=1S/C24H28N2O3/c1-17(2)26-22(15-20-7-5-4-6-8-20)23(27)25-14-13-19-9-11-21(12-10-19)29-16-18(3)24(26)28/h4-12,17,22H,3,13-16H2,1-2H3,(H,25,27). The topological polar surface area (TPSA) is 58.6 Å². The van der Waals surface area contributed by atoms with Crippen LogP contribution in [0.15, 0.2) is 66.7 Å². The number of nitrogens with one attached hydrogen (secondary N) is 1. The van der Waals surface area contributed by atoms with Crippen LogP contribution >= 0.6 is 0 Å². The lowest BCUT2D eigenvalue weighted by molar-refractivity contribution is -0.139. The molecule has 0 saturated carbocycles. The van der Waals surface area contributed by atoms with Gasteiger partial charge < -0.3 is 15.0 Å². The van der Waals surface area contributed by atoms with Crippen LogP contribution in [0.1, 0.15) is 25.0 Å². The summed E-state index contributed by atoms with van der Waals surface area (Å²) in [7, 11) is 0. The Morgan fingerprint density at radius 2 is 1.79 bits per heavy atom. The molecule has 5 nitrogen and oxygen atoms in total. The molecule has 0 radical (unpaired) electrons. The van der Waals surface area contributed by atoms with Gasteiger partial charge in [0.15, 0.2) is 0 Å². The minimum atomic E-state index is -0.620. The summed E-state index contributed by atoms with van der Waals surface area (Å²) in [6.07, 6.45) is 1.16. The van der Waals surface area contributed by atoms with Gasteiger partial charge in [-0.05, 0) is 43.5 Å². The molecule has 0 spiro atoms. The van der Waals surface area contributed by atoms with Crippen molar-refractivity contribution in [1.29, 1.82) is 0 Å². The Bertz CT molecular complexity index is 859. The Labute approximate surface area is 172 Å². The number of hydrogen-bond acceptors (Lipinski definition) is 3. The Kier molecular flexibility index (Phi) is 6.70. The lowest BCUT2D eigenvalue weighted by atomic mass is 10.0. The number of carbonyl (C=O) groups is 2. The molecule has 1 unspecified atom stereocenters. The lowest BCUT2D eigenvalue weighted by Crippen LogP contribution is -2.54. The molecule has 5 heteroatoms. The average molecular weight is 392 g/mol. The molecule has 152 valence electrons. The SMILES string of the molecule is C=C1COc2ccc(cc2)CCNC(=O)C(Cc2ccccc2)N(C(C)C)C1=O. The van der Waals surface area contributed by atoms with Crippen molar-refractivity contribution < 1.29 is 14.3 Å². The Morgan fingerprint density at radius 3 is 2.45 bits per heavy atom. The molecular weight excluding hydrogens is 364 g/mol. The number of carbonyl (C=O) groups excluding carboxylic acids is 2. The quantitative estimate of drug-likeness (QED) is 0.817. The van der Waals surface area contributed by atoms with Crippen molar-refractivity contribution in [3.8, 4) is 5.75 Å². The predicted octanol–water partition coefficient (Wildman–Crippen LogP) is 3.14. The molecule has 2 amide bonds. The van der Waals surface area contributed by atoms with Crippen LogP contribution in [0.5, 0.6) is 5.75 Å². The molecular formula is C24H28N2O3. The predicted molar refractivity (Wildman–Crippen MR) is 114 cm³/mol. The second-order valence-electron chi connectivity index (χ2n) is 7.59. The lowest BCUT2D eigenvalue weighted by Gasteiger charge is -2.35. The fourth-order valence-electron chi connectivity index (χ4n) is 3.51. The number of nitrogens with zero attached hydrogens (tertiary/aromatic N) is 1. The summed E-state index contributed by atoms with van der Waals surface area (Å²) < 4.78 is 5.75. The van der Waals surface area contributed by atoms with Crippen molar-refractivity contribution in [2.24, 2.45) is 0 Å². The summed E-state index contributed by atoms with van der Waals surface area (Å²) in [6.45, 7) is 8.35. The van der Waals surface area contributed by atoms with Crippen molar-refractivity contribution in [3.05, 3.63) is 77.9 Å². The largest absolute Gasteiger partial charge is 0.489 e. The third-order valence-electron chi connectivity index (χ3n) is 5.05. The monoisotopic (exact) mass is 392 g/mol. The van der Waals surface area contributed by atoms with E-state index in [9.17, 15) is 9.59 Å². The van der Waals surface area contributed by atoms with E-state index in [1.807, 2.05) is 68.4 Å². The van der Waals surface area contributed by atoms with Gasteiger partial charge in [0, 0.05) is 24.6 Å². The third-order valence-corrected chi connectivity index (χ3v) is 5.05. The van der Waals surface area contributed by atoms with Crippen LogP contribution in [0.3, 0.4) is 0 Å². The minimum Gasteiger partial charge on any atom is -0.489 e. The molecule has 2 aromatic rings. The third kappa shape index (κ3) is 5.25. The zero-order valence-corrected chi connectivity index (χ0v) is 17.1. The van der Waals surface area contributed by atoms with Gasteiger partial charge in [0.05, 0.1) is 0 Å². The number of hydrogen-bond donors (Lipinski definition) is 1. The van der Waals surface area contributed by atoms with Crippen LogP contribution in [0, 0.1) is 0 Å². The zero-order valence-electron chi connectivity index (χ0n) is 17.1. The van der Waals surface area contributed by atoms with E-state index in [1.54, 1.807) is 4.90 Å². The van der Waals surface area contributed by atoms with Crippen LogP contribution in [0.25, 0.3) is 0 Å². The van der Waals surface area contributed by atoms with Gasteiger partial charge in [-0.2, -0.15) is 0 Å². The van der Waals surface area contributed by atoms with Gasteiger partial charge in [0.25, 0.3) is 5.91 Å². The van der Waals surface area contributed by atoms with E-state index < -0.39 is 6.04 Å². The van der Waals surface area contributed by atoms with Gasteiger partial charge in [-0.1, -0.05) is 49.0 Å². The smallest absolute Gasteiger partial charge is 0.253 e. The van der Waals surface area contributed by atoms with Crippen molar-refractivity contribution in [2.45, 2.75) is 38.8 Å². The molecule has 2 heterocycles. The summed E-state index contributed by atoms with van der Waals surface area (Å²) in [5, 5.41) is 3.02. The van der Waals surface area contributed by atoms with Crippen LogP contribution in [-0.2, 0) is 22.4 Å². The molecule has 0 saturated heterocycles. The van der Waals surface area contributed by atoms with Crippen molar-refractivity contribution in [1.82, 2.24) is 10.2 Å². The summed E-state index contributed by atoms with van der Waals surface area (Å²) in [6, 6.07) is 16.7. The minimum absolute atomic E-state index is 0.0844. The van der Waals surface area contributed by atoms with E-state index in [0.29, 0.717) is 30.7 Å². The van der Waals surface area contributed by atoms with Crippen LogP contribution < -0.4 is 10.1 Å². The van der Waals surface area contributed by atoms with Gasteiger partial charge in [0.2, 0.25) is 5.91 Å².